The molecule has 120 valence electrons. The third-order valence-corrected chi connectivity index (χ3v) is 4.84. The Morgan fingerprint density at radius 3 is 2.58 bits per heavy atom. The van der Waals surface area contributed by atoms with Crippen LogP contribution in [0.2, 0.25) is 0 Å². The minimum Gasteiger partial charge on any atom is -0.317 e. The monoisotopic (exact) mass is 511 g/mol. The molecular weight excluding hydrogens is 501 g/mol. The molecule has 1 amide bonds. The Balaban J connectivity index is 1.79. The van der Waals surface area contributed by atoms with Crippen molar-refractivity contribution in [3.05, 3.63) is 68.3 Å². The predicted octanol–water partition coefficient (Wildman–Crippen LogP) is 4.73. The summed E-state index contributed by atoms with van der Waals surface area (Å²) in [5.74, 6) is 0.322. The van der Waals surface area contributed by atoms with Crippen LogP contribution in [0.15, 0.2) is 59.2 Å². The van der Waals surface area contributed by atoms with E-state index in [1.807, 2.05) is 36.4 Å². The molecular formula is C17H11BrIN3OS. The quantitative estimate of drug-likeness (QED) is 0.386. The first-order valence-corrected chi connectivity index (χ1v) is 9.24. The van der Waals surface area contributed by atoms with Gasteiger partial charge in [0.2, 0.25) is 0 Å². The van der Waals surface area contributed by atoms with Crippen LogP contribution in [0.4, 0.5) is 5.82 Å². The highest BCUT2D eigenvalue weighted by Crippen LogP contribution is 2.26. The molecule has 0 aliphatic carbocycles. The van der Waals surface area contributed by atoms with Crippen molar-refractivity contribution in [3.63, 3.8) is 0 Å². The molecule has 0 fully saturated rings. The van der Waals surface area contributed by atoms with Crippen molar-refractivity contribution in [2.45, 2.75) is 0 Å². The number of nitrogens with zero attached hydrogens (tertiary/aromatic N) is 1. The van der Waals surface area contributed by atoms with Crippen molar-refractivity contribution in [2.24, 2.45) is 0 Å². The standard InChI is InChI=1S/C17H11BrIN3OS/c18-14-6-2-3-11-12(14)4-1-5-13(11)16(23)22-17(24)21-15-8-7-10(19)9-20-15/h1-9H,(H2,20,21,22,23,24). The van der Waals surface area contributed by atoms with E-state index in [9.17, 15) is 4.79 Å². The lowest BCUT2D eigenvalue weighted by molar-refractivity contribution is 0.0979. The van der Waals surface area contributed by atoms with Gasteiger partial charge in [0.05, 0.1) is 0 Å². The predicted molar refractivity (Wildman–Crippen MR) is 112 cm³/mol. The Labute approximate surface area is 166 Å². The maximum atomic E-state index is 12.5. The van der Waals surface area contributed by atoms with Crippen LogP contribution in [0.25, 0.3) is 10.8 Å². The first kappa shape index (κ1) is 17.2. The van der Waals surface area contributed by atoms with E-state index in [1.54, 1.807) is 18.3 Å². The number of aromatic nitrogens is 1. The summed E-state index contributed by atoms with van der Waals surface area (Å²) in [7, 11) is 0. The van der Waals surface area contributed by atoms with Gasteiger partial charge < -0.3 is 5.32 Å². The molecule has 0 bridgehead atoms. The molecule has 0 atom stereocenters. The molecule has 1 heterocycles. The Hall–Kier alpha value is -1.58. The van der Waals surface area contributed by atoms with Gasteiger partial charge in [0.1, 0.15) is 5.82 Å². The van der Waals surface area contributed by atoms with Crippen molar-refractivity contribution in [3.8, 4) is 0 Å². The average molecular weight is 512 g/mol. The summed E-state index contributed by atoms with van der Waals surface area (Å²) in [5, 5.41) is 7.65. The highest BCUT2D eigenvalue weighted by atomic mass is 127. The van der Waals surface area contributed by atoms with Crippen molar-refractivity contribution in [2.75, 3.05) is 5.32 Å². The van der Waals surface area contributed by atoms with E-state index in [4.69, 9.17) is 12.2 Å². The second kappa shape index (κ2) is 7.54. The van der Waals surface area contributed by atoms with Gasteiger partial charge in [0, 0.05) is 19.8 Å². The van der Waals surface area contributed by atoms with Crippen LogP contribution in [-0.2, 0) is 0 Å². The number of anilines is 1. The molecule has 0 aliphatic heterocycles. The summed E-state index contributed by atoms with van der Waals surface area (Å²) in [6, 6.07) is 15.0. The lowest BCUT2D eigenvalue weighted by Crippen LogP contribution is -2.34. The molecule has 0 aliphatic rings. The number of thiocarbonyl (C=S) groups is 1. The SMILES string of the molecule is O=C(NC(=S)Nc1ccc(I)cn1)c1cccc2c(Br)cccc12. The number of hydrogen-bond donors (Lipinski definition) is 2. The van der Waals surface area contributed by atoms with Crippen LogP contribution in [-0.4, -0.2) is 16.0 Å². The zero-order chi connectivity index (χ0) is 17.1. The first-order chi connectivity index (χ1) is 11.5. The fraction of sp³-hybridized carbons (Fsp3) is 0. The number of carbonyl (C=O) groups is 1. The second-order valence-electron chi connectivity index (χ2n) is 4.91. The van der Waals surface area contributed by atoms with Crippen molar-refractivity contribution in [1.29, 1.82) is 0 Å². The lowest BCUT2D eigenvalue weighted by atomic mass is 10.0. The molecule has 0 spiro atoms. The number of pyridine rings is 1. The molecule has 0 radical (unpaired) electrons. The van der Waals surface area contributed by atoms with Crippen LogP contribution in [0.5, 0.6) is 0 Å². The lowest BCUT2D eigenvalue weighted by Gasteiger charge is -2.11. The number of nitrogens with one attached hydrogen (secondary N) is 2. The smallest absolute Gasteiger partial charge is 0.258 e. The van der Waals surface area contributed by atoms with Gasteiger partial charge in [-0.2, -0.15) is 0 Å². The molecule has 1 aromatic heterocycles. The zero-order valence-corrected chi connectivity index (χ0v) is 16.8. The normalized spacial score (nSPS) is 10.4. The Kier molecular flexibility index (Phi) is 5.42. The van der Waals surface area contributed by atoms with Gasteiger partial charge >= 0.3 is 0 Å². The van der Waals surface area contributed by atoms with Crippen LogP contribution in [0.1, 0.15) is 10.4 Å². The number of fused-ring (bicyclic) bond motifs is 1. The van der Waals surface area contributed by atoms with E-state index < -0.39 is 0 Å². The summed E-state index contributed by atoms with van der Waals surface area (Å²) in [5.41, 5.74) is 0.563. The molecule has 4 nitrogen and oxygen atoms in total. The maximum Gasteiger partial charge on any atom is 0.258 e. The van der Waals surface area contributed by atoms with E-state index in [1.165, 1.54) is 0 Å². The molecule has 2 N–H and O–H groups in total. The summed E-state index contributed by atoms with van der Waals surface area (Å²) in [4.78, 5) is 16.7. The van der Waals surface area contributed by atoms with Gasteiger partial charge in [0.25, 0.3) is 5.91 Å². The van der Waals surface area contributed by atoms with E-state index in [0.717, 1.165) is 18.8 Å². The van der Waals surface area contributed by atoms with Gasteiger partial charge in [-0.15, -0.1) is 0 Å². The zero-order valence-electron chi connectivity index (χ0n) is 12.2. The molecule has 0 saturated heterocycles. The van der Waals surface area contributed by atoms with Gasteiger partial charge in [-0.05, 0) is 69.8 Å². The van der Waals surface area contributed by atoms with Crippen LogP contribution in [0.3, 0.4) is 0 Å². The van der Waals surface area contributed by atoms with Gasteiger partial charge in [-0.1, -0.05) is 40.2 Å². The maximum absolute atomic E-state index is 12.5. The highest BCUT2D eigenvalue weighted by molar-refractivity contribution is 14.1. The molecule has 24 heavy (non-hydrogen) atoms. The van der Waals surface area contributed by atoms with Crippen molar-refractivity contribution < 1.29 is 4.79 Å². The Morgan fingerprint density at radius 1 is 1.08 bits per heavy atom. The second-order valence-corrected chi connectivity index (χ2v) is 7.42. The fourth-order valence-corrected chi connectivity index (χ4v) is 3.25. The van der Waals surface area contributed by atoms with Gasteiger partial charge in [-0.25, -0.2) is 4.98 Å². The third kappa shape index (κ3) is 3.90. The van der Waals surface area contributed by atoms with Crippen LogP contribution >= 0.6 is 50.7 Å². The summed E-state index contributed by atoms with van der Waals surface area (Å²) in [6.07, 6.45) is 1.72. The van der Waals surface area contributed by atoms with E-state index >= 15 is 0 Å². The molecule has 3 aromatic rings. The Bertz CT molecular complexity index is 931. The number of carbonyl (C=O) groups excluding carboxylic acids is 1. The molecule has 3 rings (SSSR count). The molecule has 2 aromatic carbocycles. The average Bonchev–Trinajstić information content (AvgIpc) is 2.57. The van der Waals surface area contributed by atoms with E-state index in [2.05, 4.69) is 54.1 Å². The molecule has 0 unspecified atom stereocenters. The van der Waals surface area contributed by atoms with Crippen LogP contribution in [0, 0.1) is 3.57 Å². The summed E-state index contributed by atoms with van der Waals surface area (Å²) in [6.45, 7) is 0. The van der Waals surface area contributed by atoms with E-state index in [0.29, 0.717) is 11.4 Å². The molecule has 0 saturated carbocycles. The number of rotatable bonds is 2. The highest BCUT2D eigenvalue weighted by Gasteiger charge is 2.12. The topological polar surface area (TPSA) is 54.0 Å². The van der Waals surface area contributed by atoms with Gasteiger partial charge in [0.15, 0.2) is 5.11 Å². The largest absolute Gasteiger partial charge is 0.317 e. The number of halogens is 2. The van der Waals surface area contributed by atoms with Crippen molar-refractivity contribution in [1.82, 2.24) is 10.3 Å². The number of hydrogen-bond acceptors (Lipinski definition) is 3. The fourth-order valence-electron chi connectivity index (χ4n) is 2.24. The Morgan fingerprint density at radius 2 is 1.83 bits per heavy atom. The van der Waals surface area contributed by atoms with Gasteiger partial charge in [-0.3, -0.25) is 10.1 Å². The van der Waals surface area contributed by atoms with E-state index in [-0.39, 0.29) is 11.0 Å². The minimum absolute atomic E-state index is 0.209. The third-order valence-electron chi connectivity index (χ3n) is 3.31. The molecule has 7 heteroatoms. The minimum atomic E-state index is -0.262. The number of amides is 1. The van der Waals surface area contributed by atoms with Crippen molar-refractivity contribution >= 4 is 78.3 Å². The van der Waals surface area contributed by atoms with Crippen LogP contribution < -0.4 is 10.6 Å². The summed E-state index contributed by atoms with van der Waals surface area (Å²) < 4.78 is 1.97. The number of benzene rings is 2. The summed E-state index contributed by atoms with van der Waals surface area (Å²) >= 11 is 10.9. The first-order valence-electron chi connectivity index (χ1n) is 6.96.